The highest BCUT2D eigenvalue weighted by molar-refractivity contribution is 7.10. The van der Waals surface area contributed by atoms with Gasteiger partial charge in [0, 0.05) is 23.3 Å². The third-order valence-corrected chi connectivity index (χ3v) is 4.11. The SMILES string of the molecule is CCCC(=O)NCC1(c2cccs2)CC1. The molecule has 1 heterocycles. The first-order valence-corrected chi connectivity index (χ1v) is 6.45. The number of carbonyl (C=O) groups excluding carboxylic acids is 1. The number of thiophene rings is 1. The zero-order valence-electron chi connectivity index (χ0n) is 9.08. The van der Waals surface area contributed by atoms with Crippen LogP contribution in [0.25, 0.3) is 0 Å². The Kier molecular flexibility index (Phi) is 3.10. The summed E-state index contributed by atoms with van der Waals surface area (Å²) in [6, 6.07) is 4.28. The summed E-state index contributed by atoms with van der Waals surface area (Å²) in [5.74, 6) is 0.195. The molecule has 0 aliphatic heterocycles. The van der Waals surface area contributed by atoms with Gasteiger partial charge in [-0.15, -0.1) is 11.3 Å². The van der Waals surface area contributed by atoms with E-state index in [2.05, 4.69) is 22.8 Å². The number of rotatable bonds is 5. The highest BCUT2D eigenvalue weighted by Gasteiger charge is 2.45. The summed E-state index contributed by atoms with van der Waals surface area (Å²) in [4.78, 5) is 12.8. The quantitative estimate of drug-likeness (QED) is 0.817. The average molecular weight is 223 g/mol. The summed E-state index contributed by atoms with van der Waals surface area (Å²) in [6.45, 7) is 2.86. The summed E-state index contributed by atoms with van der Waals surface area (Å²) in [7, 11) is 0. The maximum absolute atomic E-state index is 11.4. The lowest BCUT2D eigenvalue weighted by atomic mass is 10.1. The molecule has 3 heteroatoms. The average Bonchev–Trinajstić information content (AvgIpc) is 2.81. The fourth-order valence-electron chi connectivity index (χ4n) is 1.82. The molecule has 1 fully saturated rings. The van der Waals surface area contributed by atoms with Crippen LogP contribution in [0.4, 0.5) is 0 Å². The van der Waals surface area contributed by atoms with E-state index in [1.165, 1.54) is 17.7 Å². The van der Waals surface area contributed by atoms with Crippen LogP contribution in [0.2, 0.25) is 0 Å². The summed E-state index contributed by atoms with van der Waals surface area (Å²) in [6.07, 6.45) is 4.03. The lowest BCUT2D eigenvalue weighted by molar-refractivity contribution is -0.121. The standard InChI is InChI=1S/C12H17NOS/c1-2-4-11(14)13-9-12(6-7-12)10-5-3-8-15-10/h3,5,8H,2,4,6-7,9H2,1H3,(H,13,14). The van der Waals surface area contributed by atoms with Crippen molar-refractivity contribution in [3.8, 4) is 0 Å². The predicted octanol–water partition coefficient (Wildman–Crippen LogP) is 2.70. The molecule has 2 nitrogen and oxygen atoms in total. The van der Waals surface area contributed by atoms with Gasteiger partial charge in [-0.1, -0.05) is 13.0 Å². The van der Waals surface area contributed by atoms with Gasteiger partial charge in [-0.2, -0.15) is 0 Å². The largest absolute Gasteiger partial charge is 0.355 e. The van der Waals surface area contributed by atoms with Crippen LogP contribution in [0.1, 0.15) is 37.5 Å². The molecule has 1 saturated carbocycles. The van der Waals surface area contributed by atoms with Gasteiger partial charge >= 0.3 is 0 Å². The van der Waals surface area contributed by atoms with Gasteiger partial charge in [0.15, 0.2) is 0 Å². The molecule has 15 heavy (non-hydrogen) atoms. The Bertz CT molecular complexity index is 327. The summed E-state index contributed by atoms with van der Waals surface area (Å²) in [5, 5.41) is 5.16. The molecule has 1 aliphatic carbocycles. The summed E-state index contributed by atoms with van der Waals surface area (Å²) >= 11 is 1.81. The van der Waals surface area contributed by atoms with E-state index >= 15 is 0 Å². The van der Waals surface area contributed by atoms with Gasteiger partial charge in [-0.05, 0) is 30.7 Å². The molecule has 82 valence electrons. The first-order valence-electron chi connectivity index (χ1n) is 5.57. The van der Waals surface area contributed by atoms with E-state index in [1.54, 1.807) is 11.3 Å². The molecule has 0 spiro atoms. The maximum Gasteiger partial charge on any atom is 0.220 e. The van der Waals surface area contributed by atoms with E-state index in [4.69, 9.17) is 0 Å². The maximum atomic E-state index is 11.4. The number of nitrogens with one attached hydrogen (secondary N) is 1. The van der Waals surface area contributed by atoms with E-state index < -0.39 is 0 Å². The Morgan fingerprint density at radius 3 is 2.93 bits per heavy atom. The zero-order valence-corrected chi connectivity index (χ0v) is 9.90. The second kappa shape index (κ2) is 4.35. The van der Waals surface area contributed by atoms with Crippen molar-refractivity contribution in [3.05, 3.63) is 22.4 Å². The molecule has 2 rings (SSSR count). The number of carbonyl (C=O) groups is 1. The van der Waals surface area contributed by atoms with Gasteiger partial charge in [0.05, 0.1) is 0 Å². The van der Waals surface area contributed by atoms with Crippen LogP contribution in [0.3, 0.4) is 0 Å². The van der Waals surface area contributed by atoms with E-state index in [0.717, 1.165) is 13.0 Å². The molecule has 1 aromatic heterocycles. The Balaban J connectivity index is 1.87. The molecule has 0 atom stereocenters. The van der Waals surface area contributed by atoms with Crippen molar-refractivity contribution in [1.82, 2.24) is 5.32 Å². The first-order chi connectivity index (χ1) is 7.27. The van der Waals surface area contributed by atoms with Crippen LogP contribution in [0.5, 0.6) is 0 Å². The summed E-state index contributed by atoms with van der Waals surface area (Å²) in [5.41, 5.74) is 0.289. The van der Waals surface area contributed by atoms with E-state index in [1.807, 2.05) is 6.92 Å². The van der Waals surface area contributed by atoms with Crippen molar-refractivity contribution in [2.45, 2.75) is 38.0 Å². The van der Waals surface area contributed by atoms with Gasteiger partial charge in [0.2, 0.25) is 5.91 Å². The molecule has 0 saturated heterocycles. The monoisotopic (exact) mass is 223 g/mol. The minimum atomic E-state index is 0.195. The Morgan fingerprint density at radius 2 is 2.40 bits per heavy atom. The zero-order chi connectivity index (χ0) is 10.7. The normalized spacial score (nSPS) is 17.4. The minimum absolute atomic E-state index is 0.195. The Morgan fingerprint density at radius 1 is 1.60 bits per heavy atom. The third-order valence-electron chi connectivity index (χ3n) is 3.00. The van der Waals surface area contributed by atoms with Crippen LogP contribution in [-0.2, 0) is 10.2 Å². The molecular formula is C12H17NOS. The molecule has 0 bridgehead atoms. The third kappa shape index (κ3) is 2.40. The molecule has 1 N–H and O–H groups in total. The van der Waals surface area contributed by atoms with Gasteiger partial charge in [-0.3, -0.25) is 4.79 Å². The van der Waals surface area contributed by atoms with Crippen LogP contribution >= 0.6 is 11.3 Å². The molecule has 0 unspecified atom stereocenters. The minimum Gasteiger partial charge on any atom is -0.355 e. The van der Waals surface area contributed by atoms with Crippen molar-refractivity contribution in [3.63, 3.8) is 0 Å². The Hall–Kier alpha value is -0.830. The summed E-state index contributed by atoms with van der Waals surface area (Å²) < 4.78 is 0. The lowest BCUT2D eigenvalue weighted by Gasteiger charge is -2.14. The molecule has 1 aliphatic rings. The van der Waals surface area contributed by atoms with E-state index in [0.29, 0.717) is 6.42 Å². The molecule has 0 radical (unpaired) electrons. The van der Waals surface area contributed by atoms with Crippen molar-refractivity contribution >= 4 is 17.2 Å². The predicted molar refractivity (Wildman–Crippen MR) is 63.1 cm³/mol. The smallest absolute Gasteiger partial charge is 0.220 e. The fraction of sp³-hybridized carbons (Fsp3) is 0.583. The van der Waals surface area contributed by atoms with Crippen LogP contribution in [0.15, 0.2) is 17.5 Å². The van der Waals surface area contributed by atoms with Crippen LogP contribution < -0.4 is 5.32 Å². The lowest BCUT2D eigenvalue weighted by Crippen LogP contribution is -2.31. The number of amides is 1. The second-order valence-corrected chi connectivity index (χ2v) is 5.23. The van der Waals surface area contributed by atoms with Gasteiger partial charge < -0.3 is 5.32 Å². The second-order valence-electron chi connectivity index (χ2n) is 4.28. The number of hydrogen-bond donors (Lipinski definition) is 1. The number of hydrogen-bond acceptors (Lipinski definition) is 2. The molecule has 0 aromatic carbocycles. The van der Waals surface area contributed by atoms with Gasteiger partial charge in [-0.25, -0.2) is 0 Å². The van der Waals surface area contributed by atoms with E-state index in [-0.39, 0.29) is 11.3 Å². The van der Waals surface area contributed by atoms with Gasteiger partial charge in [0.1, 0.15) is 0 Å². The van der Waals surface area contributed by atoms with Crippen LogP contribution in [-0.4, -0.2) is 12.5 Å². The van der Waals surface area contributed by atoms with Crippen molar-refractivity contribution < 1.29 is 4.79 Å². The molecular weight excluding hydrogens is 206 g/mol. The van der Waals surface area contributed by atoms with Gasteiger partial charge in [0.25, 0.3) is 0 Å². The van der Waals surface area contributed by atoms with Crippen molar-refractivity contribution in [2.75, 3.05) is 6.54 Å². The van der Waals surface area contributed by atoms with E-state index in [9.17, 15) is 4.79 Å². The topological polar surface area (TPSA) is 29.1 Å². The van der Waals surface area contributed by atoms with Crippen molar-refractivity contribution in [1.29, 1.82) is 0 Å². The highest BCUT2D eigenvalue weighted by Crippen LogP contribution is 2.49. The molecule has 1 aromatic rings. The van der Waals surface area contributed by atoms with Crippen molar-refractivity contribution in [2.24, 2.45) is 0 Å². The first kappa shape index (κ1) is 10.7. The Labute approximate surface area is 94.7 Å². The fourth-order valence-corrected chi connectivity index (χ4v) is 2.81. The highest BCUT2D eigenvalue weighted by atomic mass is 32.1. The van der Waals surface area contributed by atoms with Crippen LogP contribution in [0, 0.1) is 0 Å². The molecule has 1 amide bonds.